The second-order valence-electron chi connectivity index (χ2n) is 6.56. The van der Waals surface area contributed by atoms with Crippen molar-refractivity contribution in [3.05, 3.63) is 96.3 Å². The molecule has 2 heterocycles. The molecule has 4 rings (SSSR count). The van der Waals surface area contributed by atoms with Crippen molar-refractivity contribution in [3.8, 4) is 33.6 Å². The molecule has 4 aromatic rings. The molecule has 0 N–H and O–H groups in total. The van der Waals surface area contributed by atoms with E-state index in [9.17, 15) is 0 Å². The van der Waals surface area contributed by atoms with Gasteiger partial charge in [0.2, 0.25) is 0 Å². The molecule has 2 nitrogen and oxygen atoms in total. The lowest BCUT2D eigenvalue weighted by atomic mass is 10.00. The Bertz CT molecular complexity index is 1020. The van der Waals surface area contributed by atoms with E-state index in [4.69, 9.17) is 0 Å². The van der Waals surface area contributed by atoms with Gasteiger partial charge in [0.15, 0.2) is 0 Å². The lowest BCUT2D eigenvalue weighted by Crippen LogP contribution is -1.92. The molecule has 0 radical (unpaired) electrons. The van der Waals surface area contributed by atoms with Gasteiger partial charge < -0.3 is 0 Å². The third-order valence-electron chi connectivity index (χ3n) is 4.56. The minimum atomic E-state index is 0.886. The van der Waals surface area contributed by atoms with E-state index in [2.05, 4.69) is 90.5 Å². The zero-order chi connectivity index (χ0) is 17.9. The maximum Gasteiger partial charge on any atom is 0.0964 e. The van der Waals surface area contributed by atoms with Gasteiger partial charge in [0.1, 0.15) is 0 Å². The van der Waals surface area contributed by atoms with E-state index >= 15 is 0 Å². The van der Waals surface area contributed by atoms with Crippen LogP contribution in [0.4, 0.5) is 0 Å². The number of benzene rings is 2. The van der Waals surface area contributed by atoms with Gasteiger partial charge in [0, 0.05) is 23.5 Å². The second-order valence-corrected chi connectivity index (χ2v) is 6.56. The minimum Gasteiger partial charge on any atom is -0.254 e. The molecule has 2 heteroatoms. The summed E-state index contributed by atoms with van der Waals surface area (Å²) in [5, 5.41) is 0. The molecule has 0 saturated heterocycles. The third kappa shape index (κ3) is 3.27. The monoisotopic (exact) mass is 336 g/mol. The third-order valence-corrected chi connectivity index (χ3v) is 4.56. The van der Waals surface area contributed by atoms with Gasteiger partial charge in [-0.1, -0.05) is 71.8 Å². The van der Waals surface area contributed by atoms with E-state index < -0.39 is 0 Å². The van der Waals surface area contributed by atoms with E-state index in [-0.39, 0.29) is 0 Å². The SMILES string of the molecule is Cc1ccc(-c2ccc(-c3ncccc3-c3ccc(C)cc3)nc2)cc1. The molecule has 0 amide bonds. The predicted octanol–water partition coefficient (Wildman–Crippen LogP) is 6.09. The van der Waals surface area contributed by atoms with Crippen molar-refractivity contribution >= 4 is 0 Å². The Morgan fingerprint density at radius 2 is 1.19 bits per heavy atom. The summed E-state index contributed by atoms with van der Waals surface area (Å²) in [5.74, 6) is 0. The Hall–Kier alpha value is -3.26. The molecule has 0 atom stereocenters. The summed E-state index contributed by atoms with van der Waals surface area (Å²) in [7, 11) is 0. The van der Waals surface area contributed by atoms with Crippen LogP contribution in [-0.2, 0) is 0 Å². The van der Waals surface area contributed by atoms with Gasteiger partial charge in [-0.3, -0.25) is 9.97 Å². The Morgan fingerprint density at radius 3 is 1.81 bits per heavy atom. The van der Waals surface area contributed by atoms with Crippen molar-refractivity contribution in [2.75, 3.05) is 0 Å². The first kappa shape index (κ1) is 16.2. The first-order valence-electron chi connectivity index (χ1n) is 8.76. The molecule has 2 aromatic carbocycles. The van der Waals surface area contributed by atoms with E-state index in [1.54, 1.807) is 0 Å². The molecule has 0 unspecified atom stereocenters. The second kappa shape index (κ2) is 6.93. The van der Waals surface area contributed by atoms with Crippen LogP contribution in [0.2, 0.25) is 0 Å². The molecule has 2 aromatic heterocycles. The van der Waals surface area contributed by atoms with Gasteiger partial charge >= 0.3 is 0 Å². The average molecular weight is 336 g/mol. The molecular formula is C24H20N2. The van der Waals surface area contributed by atoms with Gasteiger partial charge in [0.25, 0.3) is 0 Å². The van der Waals surface area contributed by atoms with Gasteiger partial charge in [-0.25, -0.2) is 0 Å². The lowest BCUT2D eigenvalue weighted by Gasteiger charge is -2.09. The maximum atomic E-state index is 4.69. The molecule has 0 aliphatic heterocycles. The highest BCUT2D eigenvalue weighted by Gasteiger charge is 2.10. The highest BCUT2D eigenvalue weighted by molar-refractivity contribution is 5.79. The summed E-state index contributed by atoms with van der Waals surface area (Å²) in [4.78, 5) is 9.29. The van der Waals surface area contributed by atoms with Gasteiger partial charge in [-0.2, -0.15) is 0 Å². The number of rotatable bonds is 3. The summed E-state index contributed by atoms with van der Waals surface area (Å²) in [6.07, 6.45) is 3.75. The topological polar surface area (TPSA) is 25.8 Å². The standard InChI is InChI=1S/C24H20N2/c1-17-5-9-19(10-6-17)21-13-14-23(26-16-21)24-22(4-3-15-25-24)20-11-7-18(2)8-12-20/h3-16H,1-2H3. The van der Waals surface area contributed by atoms with Crippen LogP contribution in [0.1, 0.15) is 11.1 Å². The maximum absolute atomic E-state index is 4.69. The van der Waals surface area contributed by atoms with Crippen molar-refractivity contribution in [3.63, 3.8) is 0 Å². The highest BCUT2D eigenvalue weighted by atomic mass is 14.8. The van der Waals surface area contributed by atoms with Gasteiger partial charge in [-0.05, 0) is 37.1 Å². The average Bonchev–Trinajstić information content (AvgIpc) is 2.69. The van der Waals surface area contributed by atoms with Crippen molar-refractivity contribution in [2.24, 2.45) is 0 Å². The molecular weight excluding hydrogens is 316 g/mol. The van der Waals surface area contributed by atoms with Crippen LogP contribution in [-0.4, -0.2) is 9.97 Å². The summed E-state index contributed by atoms with van der Waals surface area (Å²) >= 11 is 0. The van der Waals surface area contributed by atoms with Crippen molar-refractivity contribution in [1.82, 2.24) is 9.97 Å². The minimum absolute atomic E-state index is 0.886. The Labute approximate surface area is 154 Å². The lowest BCUT2D eigenvalue weighted by molar-refractivity contribution is 1.25. The molecule has 0 aliphatic carbocycles. The van der Waals surface area contributed by atoms with Gasteiger partial charge in [0.05, 0.1) is 11.4 Å². The summed E-state index contributed by atoms with van der Waals surface area (Å²) in [5.41, 5.74) is 8.85. The Kier molecular flexibility index (Phi) is 4.32. The number of nitrogens with zero attached hydrogens (tertiary/aromatic N) is 2. The molecule has 26 heavy (non-hydrogen) atoms. The predicted molar refractivity (Wildman–Crippen MR) is 108 cm³/mol. The summed E-state index contributed by atoms with van der Waals surface area (Å²) in [6, 6.07) is 25.3. The Morgan fingerprint density at radius 1 is 0.577 bits per heavy atom. The largest absolute Gasteiger partial charge is 0.254 e. The van der Waals surface area contributed by atoms with Crippen LogP contribution in [0.25, 0.3) is 33.6 Å². The number of aromatic nitrogens is 2. The molecule has 0 bridgehead atoms. The molecule has 126 valence electrons. The van der Waals surface area contributed by atoms with Crippen LogP contribution in [0.3, 0.4) is 0 Å². The van der Waals surface area contributed by atoms with E-state index in [0.717, 1.165) is 28.1 Å². The van der Waals surface area contributed by atoms with Crippen LogP contribution in [0.15, 0.2) is 85.2 Å². The zero-order valence-electron chi connectivity index (χ0n) is 15.0. The van der Waals surface area contributed by atoms with Gasteiger partial charge in [-0.15, -0.1) is 0 Å². The number of hydrogen-bond donors (Lipinski definition) is 0. The first-order chi connectivity index (χ1) is 12.7. The molecule has 0 spiro atoms. The quantitative estimate of drug-likeness (QED) is 0.452. The number of aryl methyl sites for hydroxylation is 2. The van der Waals surface area contributed by atoms with Crippen LogP contribution < -0.4 is 0 Å². The highest BCUT2D eigenvalue weighted by Crippen LogP contribution is 2.30. The number of hydrogen-bond acceptors (Lipinski definition) is 2. The fraction of sp³-hybridized carbons (Fsp3) is 0.0833. The first-order valence-corrected chi connectivity index (χ1v) is 8.76. The smallest absolute Gasteiger partial charge is 0.0964 e. The molecule has 0 fully saturated rings. The van der Waals surface area contributed by atoms with Crippen LogP contribution in [0.5, 0.6) is 0 Å². The Balaban J connectivity index is 1.72. The molecule has 0 saturated carbocycles. The van der Waals surface area contributed by atoms with E-state index in [1.807, 2.05) is 18.5 Å². The van der Waals surface area contributed by atoms with Crippen LogP contribution in [0, 0.1) is 13.8 Å². The van der Waals surface area contributed by atoms with E-state index in [0.29, 0.717) is 0 Å². The van der Waals surface area contributed by atoms with Crippen molar-refractivity contribution in [1.29, 1.82) is 0 Å². The van der Waals surface area contributed by atoms with Crippen molar-refractivity contribution in [2.45, 2.75) is 13.8 Å². The summed E-state index contributed by atoms with van der Waals surface area (Å²) < 4.78 is 0. The summed E-state index contributed by atoms with van der Waals surface area (Å²) in [6.45, 7) is 4.19. The number of pyridine rings is 2. The normalized spacial score (nSPS) is 10.7. The fourth-order valence-electron chi connectivity index (χ4n) is 3.03. The van der Waals surface area contributed by atoms with Crippen LogP contribution >= 0.6 is 0 Å². The van der Waals surface area contributed by atoms with Crippen molar-refractivity contribution < 1.29 is 0 Å². The van der Waals surface area contributed by atoms with E-state index in [1.165, 1.54) is 16.7 Å². The molecule has 0 aliphatic rings. The fourth-order valence-corrected chi connectivity index (χ4v) is 3.03. The zero-order valence-corrected chi connectivity index (χ0v) is 15.0.